The largest absolute Gasteiger partial charge is 0.494 e. The third kappa shape index (κ3) is 2.18. The van der Waals surface area contributed by atoms with Crippen molar-refractivity contribution in [2.45, 2.75) is 19.4 Å². The fourth-order valence-electron chi connectivity index (χ4n) is 2.00. The van der Waals surface area contributed by atoms with Crippen LogP contribution in [0.15, 0.2) is 36.4 Å². The molecule has 2 rings (SSSR count). The summed E-state index contributed by atoms with van der Waals surface area (Å²) in [6.45, 7) is 2.00. The Morgan fingerprint density at radius 1 is 1.11 bits per heavy atom. The van der Waals surface area contributed by atoms with Crippen molar-refractivity contribution in [3.8, 4) is 24.1 Å². The van der Waals surface area contributed by atoms with E-state index in [-0.39, 0.29) is 17.8 Å². The van der Waals surface area contributed by atoms with E-state index in [1.807, 2.05) is 31.2 Å². The van der Waals surface area contributed by atoms with Crippen molar-refractivity contribution in [1.82, 2.24) is 4.57 Å². The second kappa shape index (κ2) is 4.89. The molecule has 0 aliphatic rings. The van der Waals surface area contributed by atoms with Gasteiger partial charge in [0.25, 0.3) is 0 Å². The number of nitrogens with zero attached hydrogens (tertiary/aromatic N) is 1. The normalized spacial score (nSPS) is 12.0. The molecule has 1 aromatic carbocycles. The van der Waals surface area contributed by atoms with Crippen LogP contribution in [0.3, 0.4) is 0 Å². The summed E-state index contributed by atoms with van der Waals surface area (Å²) >= 11 is 0. The highest BCUT2D eigenvalue weighted by Crippen LogP contribution is 2.32. The minimum absolute atomic E-state index is 0.00771. The standard InChI is InChI=1S/C15H15NO2/c1-3-4-13(12-7-5-11(2)6-8-12)16-14(17)9-10-15(16)18/h1,5-10,13,17-18H,4H2,2H3. The second-order valence-corrected chi connectivity index (χ2v) is 4.25. The summed E-state index contributed by atoms with van der Waals surface area (Å²) < 4.78 is 1.44. The van der Waals surface area contributed by atoms with E-state index >= 15 is 0 Å². The van der Waals surface area contributed by atoms with Crippen molar-refractivity contribution in [1.29, 1.82) is 0 Å². The van der Waals surface area contributed by atoms with Gasteiger partial charge in [-0.3, -0.25) is 4.57 Å². The first-order chi connectivity index (χ1) is 8.63. The van der Waals surface area contributed by atoms with E-state index < -0.39 is 0 Å². The SMILES string of the molecule is C#CCC(c1ccc(C)cc1)n1c(O)ccc1O. The van der Waals surface area contributed by atoms with Gasteiger partial charge in [-0.05, 0) is 12.5 Å². The molecule has 3 nitrogen and oxygen atoms in total. The molecule has 0 spiro atoms. The monoisotopic (exact) mass is 241 g/mol. The van der Waals surface area contributed by atoms with Gasteiger partial charge in [-0.25, -0.2) is 0 Å². The predicted octanol–water partition coefficient (Wildman–Crippen LogP) is 2.82. The fraction of sp³-hybridized carbons (Fsp3) is 0.200. The molecule has 0 aliphatic carbocycles. The molecule has 1 heterocycles. The maximum atomic E-state index is 9.78. The Labute approximate surface area is 106 Å². The Bertz CT molecular complexity index is 556. The average Bonchev–Trinajstić information content (AvgIpc) is 2.68. The molecule has 0 bridgehead atoms. The topological polar surface area (TPSA) is 45.4 Å². The maximum Gasteiger partial charge on any atom is 0.194 e. The first-order valence-electron chi connectivity index (χ1n) is 5.72. The summed E-state index contributed by atoms with van der Waals surface area (Å²) in [5.41, 5.74) is 2.11. The molecular formula is C15H15NO2. The first kappa shape index (κ1) is 12.1. The highest BCUT2D eigenvalue weighted by Gasteiger charge is 2.18. The van der Waals surface area contributed by atoms with Crippen LogP contribution in [0.4, 0.5) is 0 Å². The number of benzene rings is 1. The van der Waals surface area contributed by atoms with Crippen molar-refractivity contribution in [3.63, 3.8) is 0 Å². The van der Waals surface area contributed by atoms with Crippen LogP contribution in [0.1, 0.15) is 23.6 Å². The zero-order chi connectivity index (χ0) is 13.1. The van der Waals surface area contributed by atoms with Crippen LogP contribution >= 0.6 is 0 Å². The van der Waals surface area contributed by atoms with Gasteiger partial charge in [0.1, 0.15) is 0 Å². The summed E-state index contributed by atoms with van der Waals surface area (Å²) in [6.07, 6.45) is 5.78. The number of hydrogen-bond donors (Lipinski definition) is 2. The summed E-state index contributed by atoms with van der Waals surface area (Å²) in [5, 5.41) is 19.6. The van der Waals surface area contributed by atoms with Gasteiger partial charge < -0.3 is 10.2 Å². The fourth-order valence-corrected chi connectivity index (χ4v) is 2.00. The van der Waals surface area contributed by atoms with Crippen LogP contribution < -0.4 is 0 Å². The lowest BCUT2D eigenvalue weighted by Gasteiger charge is -2.19. The van der Waals surface area contributed by atoms with Gasteiger partial charge in [0.2, 0.25) is 0 Å². The van der Waals surface area contributed by atoms with E-state index in [0.29, 0.717) is 6.42 Å². The van der Waals surface area contributed by atoms with Crippen molar-refractivity contribution < 1.29 is 10.2 Å². The van der Waals surface area contributed by atoms with Gasteiger partial charge in [0, 0.05) is 18.6 Å². The molecule has 1 atom stereocenters. The summed E-state index contributed by atoms with van der Waals surface area (Å²) in [7, 11) is 0. The zero-order valence-corrected chi connectivity index (χ0v) is 10.2. The van der Waals surface area contributed by atoms with Gasteiger partial charge in [0.05, 0.1) is 6.04 Å². The van der Waals surface area contributed by atoms with Crippen molar-refractivity contribution in [2.75, 3.05) is 0 Å². The van der Waals surface area contributed by atoms with E-state index in [9.17, 15) is 10.2 Å². The lowest BCUT2D eigenvalue weighted by atomic mass is 10.0. The molecule has 0 aliphatic heterocycles. The summed E-state index contributed by atoms with van der Waals surface area (Å²) in [4.78, 5) is 0. The minimum atomic E-state index is -0.259. The molecule has 0 fully saturated rings. The van der Waals surface area contributed by atoms with Crippen LogP contribution in [0.5, 0.6) is 11.8 Å². The highest BCUT2D eigenvalue weighted by atomic mass is 16.3. The van der Waals surface area contributed by atoms with Gasteiger partial charge in [-0.2, -0.15) is 0 Å². The van der Waals surface area contributed by atoms with E-state index in [1.165, 1.54) is 16.7 Å². The zero-order valence-electron chi connectivity index (χ0n) is 10.2. The van der Waals surface area contributed by atoms with Crippen molar-refractivity contribution in [2.24, 2.45) is 0 Å². The average molecular weight is 241 g/mol. The Balaban J connectivity index is 2.47. The van der Waals surface area contributed by atoms with Crippen LogP contribution in [0, 0.1) is 19.3 Å². The Hall–Kier alpha value is -2.34. The predicted molar refractivity (Wildman–Crippen MR) is 70.5 cm³/mol. The molecule has 0 amide bonds. The molecule has 18 heavy (non-hydrogen) atoms. The minimum Gasteiger partial charge on any atom is -0.494 e. The summed E-state index contributed by atoms with van der Waals surface area (Å²) in [6, 6.07) is 10.5. The van der Waals surface area contributed by atoms with E-state index in [2.05, 4.69) is 5.92 Å². The Morgan fingerprint density at radius 2 is 1.67 bits per heavy atom. The van der Waals surface area contributed by atoms with Crippen molar-refractivity contribution in [3.05, 3.63) is 47.5 Å². The Kier molecular flexibility index (Phi) is 3.29. The number of aryl methyl sites for hydroxylation is 1. The van der Waals surface area contributed by atoms with Crippen molar-refractivity contribution >= 4 is 0 Å². The van der Waals surface area contributed by atoms with Crippen LogP contribution in [-0.4, -0.2) is 14.8 Å². The molecular weight excluding hydrogens is 226 g/mol. The number of aromatic hydroxyl groups is 2. The number of terminal acetylenes is 1. The second-order valence-electron chi connectivity index (χ2n) is 4.25. The Morgan fingerprint density at radius 3 is 2.17 bits per heavy atom. The number of hydrogen-bond acceptors (Lipinski definition) is 2. The van der Waals surface area contributed by atoms with E-state index in [1.54, 1.807) is 0 Å². The lowest BCUT2D eigenvalue weighted by molar-refractivity contribution is 0.351. The molecule has 0 radical (unpaired) electrons. The lowest BCUT2D eigenvalue weighted by Crippen LogP contribution is -2.09. The highest BCUT2D eigenvalue weighted by molar-refractivity contribution is 5.32. The van der Waals surface area contributed by atoms with Gasteiger partial charge in [-0.15, -0.1) is 12.3 Å². The third-order valence-electron chi connectivity index (χ3n) is 2.96. The number of aromatic nitrogens is 1. The molecule has 1 aromatic heterocycles. The first-order valence-corrected chi connectivity index (χ1v) is 5.72. The number of rotatable bonds is 3. The van der Waals surface area contributed by atoms with Crippen LogP contribution in [0.2, 0.25) is 0 Å². The molecule has 0 saturated carbocycles. The smallest absolute Gasteiger partial charge is 0.194 e. The van der Waals surface area contributed by atoms with Gasteiger partial charge in [0.15, 0.2) is 11.8 Å². The molecule has 0 saturated heterocycles. The van der Waals surface area contributed by atoms with Gasteiger partial charge in [-0.1, -0.05) is 29.8 Å². The maximum absolute atomic E-state index is 9.78. The summed E-state index contributed by atoms with van der Waals surface area (Å²) in [5.74, 6) is 2.60. The quantitative estimate of drug-likeness (QED) is 0.812. The van der Waals surface area contributed by atoms with Crippen LogP contribution in [-0.2, 0) is 0 Å². The van der Waals surface area contributed by atoms with E-state index in [0.717, 1.165) is 11.1 Å². The molecule has 3 heteroatoms. The van der Waals surface area contributed by atoms with Gasteiger partial charge >= 0.3 is 0 Å². The molecule has 1 unspecified atom stereocenters. The van der Waals surface area contributed by atoms with E-state index in [4.69, 9.17) is 6.42 Å². The molecule has 2 N–H and O–H groups in total. The third-order valence-corrected chi connectivity index (χ3v) is 2.96. The van der Waals surface area contributed by atoms with Crippen LogP contribution in [0.25, 0.3) is 0 Å². The molecule has 2 aromatic rings. The molecule has 92 valence electrons.